The molecule has 0 unspecified atom stereocenters. The fourth-order valence-electron chi connectivity index (χ4n) is 4.07. The molecule has 1 aliphatic heterocycles. The second kappa shape index (κ2) is 9.27. The summed E-state index contributed by atoms with van der Waals surface area (Å²) in [6.07, 6.45) is 1.97. The predicted octanol–water partition coefficient (Wildman–Crippen LogP) is 6.38. The van der Waals surface area contributed by atoms with Crippen molar-refractivity contribution in [2.75, 3.05) is 0 Å². The molecule has 164 valence electrons. The van der Waals surface area contributed by atoms with Crippen LogP contribution in [0.2, 0.25) is 0 Å². The van der Waals surface area contributed by atoms with E-state index in [9.17, 15) is 4.79 Å². The largest absolute Gasteiger partial charge is 0.318 e. The average molecular weight is 555 g/mol. The van der Waals surface area contributed by atoms with E-state index in [1.54, 1.807) is 0 Å². The normalized spacial score (nSPS) is 16.2. The quantitative estimate of drug-likeness (QED) is 0.300. The molecular formula is C26H26IN3OS. The number of amides is 1. The van der Waals surface area contributed by atoms with Gasteiger partial charge in [-0.2, -0.15) is 0 Å². The number of carbonyl (C=O) groups is 1. The van der Waals surface area contributed by atoms with Crippen molar-refractivity contribution in [3.63, 3.8) is 0 Å². The lowest BCUT2D eigenvalue weighted by molar-refractivity contribution is -0.115. The highest BCUT2D eigenvalue weighted by atomic mass is 127. The molecule has 0 aliphatic carbocycles. The number of nitrogens with one attached hydrogen (secondary N) is 1. The van der Waals surface area contributed by atoms with Crippen LogP contribution in [0.5, 0.6) is 0 Å². The summed E-state index contributed by atoms with van der Waals surface area (Å²) in [6.45, 7) is 11.1. The number of hydrogen-bond acceptors (Lipinski definition) is 3. The Morgan fingerprint density at radius 3 is 2.44 bits per heavy atom. The fraction of sp³-hybridized carbons (Fsp3) is 0.231. The first-order chi connectivity index (χ1) is 15.2. The number of rotatable bonds is 4. The Morgan fingerprint density at radius 2 is 1.75 bits per heavy atom. The van der Waals surface area contributed by atoms with Gasteiger partial charge in [0.15, 0.2) is 5.17 Å². The third-order valence-corrected chi connectivity index (χ3v) is 7.65. The molecule has 1 N–H and O–H groups in total. The monoisotopic (exact) mass is 555 g/mol. The summed E-state index contributed by atoms with van der Waals surface area (Å²) in [4.78, 5) is 17.9. The topological polar surface area (TPSA) is 46.4 Å². The van der Waals surface area contributed by atoms with E-state index in [4.69, 9.17) is 0 Å². The van der Waals surface area contributed by atoms with Crippen LogP contribution in [0.25, 0.3) is 11.8 Å². The third-order valence-electron chi connectivity index (χ3n) is 5.49. The number of aliphatic imine (C=N–C) groups is 1. The second-order valence-electron chi connectivity index (χ2n) is 8.28. The number of carbonyl (C=O) groups excluding carboxylic acids is 1. The molecule has 0 spiro atoms. The highest BCUT2D eigenvalue weighted by Gasteiger charge is 2.24. The average Bonchev–Trinajstić information content (AvgIpc) is 3.20. The molecule has 1 saturated heterocycles. The minimum Gasteiger partial charge on any atom is -0.318 e. The standard InChI is InChI=1S/C26H26IN3OS/c1-15-8-16(2)10-20(9-15)14-28-26-29-25(31)24(32-26)13-21-12-18(4)30(19(21)5)22-6-7-23(27)17(3)11-22/h6-13H,14H2,1-5H3,(H,28,29,31)/b24-13-. The third kappa shape index (κ3) is 4.86. The van der Waals surface area contributed by atoms with Gasteiger partial charge < -0.3 is 9.88 Å². The molecule has 6 heteroatoms. The molecule has 2 heterocycles. The van der Waals surface area contributed by atoms with E-state index in [1.807, 2.05) is 6.08 Å². The van der Waals surface area contributed by atoms with Gasteiger partial charge >= 0.3 is 0 Å². The number of halogens is 1. The highest BCUT2D eigenvalue weighted by molar-refractivity contribution is 14.1. The maximum atomic E-state index is 12.6. The van der Waals surface area contributed by atoms with Crippen molar-refractivity contribution in [3.05, 3.63) is 90.1 Å². The number of benzene rings is 2. The minimum absolute atomic E-state index is 0.0934. The molecule has 0 radical (unpaired) electrons. The van der Waals surface area contributed by atoms with Crippen molar-refractivity contribution in [2.45, 2.75) is 41.2 Å². The number of aromatic nitrogens is 1. The molecule has 1 aromatic heterocycles. The summed E-state index contributed by atoms with van der Waals surface area (Å²) in [5.74, 6) is -0.0934. The van der Waals surface area contributed by atoms with Crippen molar-refractivity contribution < 1.29 is 4.79 Å². The number of thioether (sulfide) groups is 1. The first kappa shape index (κ1) is 22.9. The predicted molar refractivity (Wildman–Crippen MR) is 143 cm³/mol. The zero-order valence-corrected chi connectivity index (χ0v) is 21.9. The number of hydrogen-bond donors (Lipinski definition) is 1. The molecule has 1 fully saturated rings. The maximum absolute atomic E-state index is 12.6. The molecule has 0 bridgehead atoms. The Balaban J connectivity index is 1.58. The van der Waals surface area contributed by atoms with Gasteiger partial charge in [-0.15, -0.1) is 0 Å². The molecule has 1 amide bonds. The van der Waals surface area contributed by atoms with Crippen molar-refractivity contribution >= 4 is 51.5 Å². The Bertz CT molecular complexity index is 1270. The van der Waals surface area contributed by atoms with E-state index in [1.165, 1.54) is 32.0 Å². The summed E-state index contributed by atoms with van der Waals surface area (Å²) in [7, 11) is 0. The van der Waals surface area contributed by atoms with Crippen LogP contribution in [-0.2, 0) is 11.3 Å². The molecule has 4 rings (SSSR count). The molecule has 32 heavy (non-hydrogen) atoms. The van der Waals surface area contributed by atoms with Gasteiger partial charge in [0.05, 0.1) is 11.4 Å². The van der Waals surface area contributed by atoms with Gasteiger partial charge in [-0.05, 0) is 116 Å². The van der Waals surface area contributed by atoms with Gasteiger partial charge in [-0.25, -0.2) is 0 Å². The summed E-state index contributed by atoms with van der Waals surface area (Å²) in [5.41, 5.74) is 9.30. The fourth-order valence-corrected chi connectivity index (χ4v) is 5.21. The maximum Gasteiger partial charge on any atom is 0.264 e. The Hall–Kier alpha value is -2.32. The van der Waals surface area contributed by atoms with Crippen LogP contribution in [0.3, 0.4) is 0 Å². The van der Waals surface area contributed by atoms with Gasteiger partial charge in [0.1, 0.15) is 0 Å². The molecular weight excluding hydrogens is 529 g/mol. The van der Waals surface area contributed by atoms with Gasteiger partial charge in [0, 0.05) is 20.6 Å². The summed E-state index contributed by atoms with van der Waals surface area (Å²) >= 11 is 3.76. The van der Waals surface area contributed by atoms with Crippen LogP contribution in [0.1, 0.15) is 39.2 Å². The molecule has 0 saturated carbocycles. The van der Waals surface area contributed by atoms with Crippen LogP contribution >= 0.6 is 34.4 Å². The van der Waals surface area contributed by atoms with E-state index in [0.29, 0.717) is 16.6 Å². The minimum atomic E-state index is -0.0934. The summed E-state index contributed by atoms with van der Waals surface area (Å²) in [6, 6.07) is 15.0. The van der Waals surface area contributed by atoms with Crippen molar-refractivity contribution in [1.29, 1.82) is 0 Å². The van der Waals surface area contributed by atoms with Gasteiger partial charge in [0.2, 0.25) is 0 Å². The van der Waals surface area contributed by atoms with Gasteiger partial charge in [-0.3, -0.25) is 9.79 Å². The Kier molecular flexibility index (Phi) is 6.62. The van der Waals surface area contributed by atoms with Crippen LogP contribution < -0.4 is 5.32 Å². The van der Waals surface area contributed by atoms with E-state index in [-0.39, 0.29) is 5.91 Å². The van der Waals surface area contributed by atoms with Gasteiger partial charge in [-0.1, -0.05) is 29.3 Å². The van der Waals surface area contributed by atoms with Crippen molar-refractivity contribution in [2.24, 2.45) is 4.99 Å². The lowest BCUT2D eigenvalue weighted by Crippen LogP contribution is -2.19. The number of amidine groups is 1. The first-order valence-electron chi connectivity index (χ1n) is 10.5. The molecule has 0 atom stereocenters. The molecule has 3 aromatic rings. The summed E-state index contributed by atoms with van der Waals surface area (Å²) < 4.78 is 3.49. The van der Waals surface area contributed by atoms with E-state index < -0.39 is 0 Å². The smallest absolute Gasteiger partial charge is 0.264 e. The summed E-state index contributed by atoms with van der Waals surface area (Å²) in [5, 5.41) is 3.56. The van der Waals surface area contributed by atoms with Gasteiger partial charge in [0.25, 0.3) is 5.91 Å². The molecule has 2 aromatic carbocycles. The van der Waals surface area contributed by atoms with Crippen LogP contribution in [0, 0.1) is 38.2 Å². The zero-order chi connectivity index (χ0) is 23.0. The second-order valence-corrected chi connectivity index (χ2v) is 10.5. The van der Waals surface area contributed by atoms with E-state index in [0.717, 1.165) is 28.2 Å². The van der Waals surface area contributed by atoms with E-state index >= 15 is 0 Å². The van der Waals surface area contributed by atoms with Crippen molar-refractivity contribution in [3.8, 4) is 5.69 Å². The van der Waals surface area contributed by atoms with Crippen LogP contribution in [-0.4, -0.2) is 15.6 Å². The lowest BCUT2D eigenvalue weighted by Gasteiger charge is -2.11. The number of nitrogens with zero attached hydrogens (tertiary/aromatic N) is 2. The lowest BCUT2D eigenvalue weighted by atomic mass is 10.1. The van der Waals surface area contributed by atoms with E-state index in [2.05, 4.69) is 115 Å². The Morgan fingerprint density at radius 1 is 1.03 bits per heavy atom. The highest BCUT2D eigenvalue weighted by Crippen LogP contribution is 2.30. The molecule has 1 aliphatic rings. The Labute approximate surface area is 207 Å². The SMILES string of the molecule is Cc1cc(C)cc(CN=C2NC(=O)/C(=C/c3cc(C)n(-c4ccc(I)c(C)c4)c3C)S2)c1. The van der Waals surface area contributed by atoms with Crippen LogP contribution in [0.4, 0.5) is 0 Å². The zero-order valence-electron chi connectivity index (χ0n) is 18.9. The van der Waals surface area contributed by atoms with Crippen molar-refractivity contribution in [1.82, 2.24) is 9.88 Å². The first-order valence-corrected chi connectivity index (χ1v) is 12.4. The molecule has 4 nitrogen and oxygen atoms in total. The van der Waals surface area contributed by atoms with Crippen LogP contribution in [0.15, 0.2) is 52.4 Å². The number of aryl methyl sites for hydroxylation is 4.